The Balaban J connectivity index is 1.90. The Bertz CT molecular complexity index is 964. The van der Waals surface area contributed by atoms with Crippen LogP contribution in [0.5, 0.6) is 0 Å². The Labute approximate surface area is 157 Å². The van der Waals surface area contributed by atoms with Gasteiger partial charge in [-0.2, -0.15) is 0 Å². The number of benzene rings is 2. The van der Waals surface area contributed by atoms with Crippen LogP contribution in [0.25, 0.3) is 0 Å². The molecule has 0 atom stereocenters. The van der Waals surface area contributed by atoms with Gasteiger partial charge in [0.05, 0.1) is 11.3 Å². The minimum absolute atomic E-state index is 0.121. The van der Waals surface area contributed by atoms with Gasteiger partial charge in [0.15, 0.2) is 22.2 Å². The third kappa shape index (κ3) is 6.67. The van der Waals surface area contributed by atoms with Crippen LogP contribution in [0.2, 0.25) is 0 Å². The van der Waals surface area contributed by atoms with Gasteiger partial charge in [-0.05, 0) is 36.8 Å². The maximum atomic E-state index is 12.0. The Kier molecular flexibility index (Phi) is 6.46. The van der Waals surface area contributed by atoms with E-state index in [-0.39, 0.29) is 17.1 Å². The van der Waals surface area contributed by atoms with Crippen molar-refractivity contribution in [1.29, 1.82) is 0 Å². The summed E-state index contributed by atoms with van der Waals surface area (Å²) in [5.74, 6) is -1.49. The van der Waals surface area contributed by atoms with Crippen molar-refractivity contribution in [1.82, 2.24) is 0 Å². The fourth-order valence-electron chi connectivity index (χ4n) is 2.27. The van der Waals surface area contributed by atoms with Crippen molar-refractivity contribution in [2.24, 2.45) is 0 Å². The van der Waals surface area contributed by atoms with Crippen molar-refractivity contribution in [2.45, 2.75) is 12.7 Å². The molecular weight excluding hydrogens is 370 g/mol. The molecule has 0 radical (unpaired) electrons. The highest BCUT2D eigenvalue weighted by atomic mass is 32.2. The Hall–Kier alpha value is -3.00. The minimum Gasteiger partial charge on any atom is -0.452 e. The van der Waals surface area contributed by atoms with E-state index in [0.717, 1.165) is 6.26 Å². The molecule has 2 aromatic rings. The van der Waals surface area contributed by atoms with Crippen LogP contribution in [0.4, 0.5) is 5.69 Å². The summed E-state index contributed by atoms with van der Waals surface area (Å²) < 4.78 is 27.4. The second kappa shape index (κ2) is 8.59. The standard InChI is InChI=1S/C19H19NO6S/c1-13(21)16-4-3-5-17(10-16)20-18(22)11-26-19(23)15-8-6-14(7-9-15)12-27(2,24)25/h3-10H,11-12H2,1-2H3,(H,20,22). The molecule has 7 nitrogen and oxygen atoms in total. The molecule has 142 valence electrons. The van der Waals surface area contributed by atoms with Crippen LogP contribution in [-0.2, 0) is 25.1 Å². The molecule has 0 unspecified atom stereocenters. The molecule has 8 heteroatoms. The third-order valence-electron chi connectivity index (χ3n) is 3.51. The quantitative estimate of drug-likeness (QED) is 0.575. The fraction of sp³-hybridized carbons (Fsp3) is 0.211. The van der Waals surface area contributed by atoms with Crippen molar-refractivity contribution in [3.05, 3.63) is 65.2 Å². The number of carbonyl (C=O) groups excluding carboxylic acids is 3. The van der Waals surface area contributed by atoms with Crippen molar-refractivity contribution in [2.75, 3.05) is 18.2 Å². The fourth-order valence-corrected chi connectivity index (χ4v) is 3.07. The highest BCUT2D eigenvalue weighted by molar-refractivity contribution is 7.89. The first-order valence-electron chi connectivity index (χ1n) is 7.99. The Morgan fingerprint density at radius 1 is 1.00 bits per heavy atom. The topological polar surface area (TPSA) is 107 Å². The molecule has 0 bridgehead atoms. The molecular formula is C19H19NO6S. The smallest absolute Gasteiger partial charge is 0.338 e. The number of Topliss-reactive ketones (excluding diaryl/α,β-unsaturated/α-hetero) is 1. The van der Waals surface area contributed by atoms with Gasteiger partial charge in [0.2, 0.25) is 0 Å². The van der Waals surface area contributed by atoms with E-state index in [1.807, 2.05) is 0 Å². The number of rotatable bonds is 7. The summed E-state index contributed by atoms with van der Waals surface area (Å²) in [5, 5.41) is 2.54. The Morgan fingerprint density at radius 2 is 1.67 bits per heavy atom. The molecule has 0 saturated heterocycles. The van der Waals surface area contributed by atoms with Gasteiger partial charge in [-0.15, -0.1) is 0 Å². The van der Waals surface area contributed by atoms with E-state index >= 15 is 0 Å². The van der Waals surface area contributed by atoms with Gasteiger partial charge in [0.25, 0.3) is 5.91 Å². The lowest BCUT2D eigenvalue weighted by Crippen LogP contribution is -2.21. The molecule has 0 aromatic heterocycles. The maximum Gasteiger partial charge on any atom is 0.338 e. The molecule has 0 aliphatic carbocycles. The lowest BCUT2D eigenvalue weighted by molar-refractivity contribution is -0.119. The van der Waals surface area contributed by atoms with E-state index in [0.29, 0.717) is 16.8 Å². The number of amides is 1. The lowest BCUT2D eigenvalue weighted by Gasteiger charge is -2.08. The number of ketones is 1. The van der Waals surface area contributed by atoms with Crippen LogP contribution in [0.1, 0.15) is 33.2 Å². The average Bonchev–Trinajstić information content (AvgIpc) is 2.59. The molecule has 27 heavy (non-hydrogen) atoms. The summed E-state index contributed by atoms with van der Waals surface area (Å²) in [7, 11) is -3.16. The van der Waals surface area contributed by atoms with E-state index in [2.05, 4.69) is 5.32 Å². The molecule has 0 spiro atoms. The predicted molar refractivity (Wildman–Crippen MR) is 100 cm³/mol. The van der Waals surface area contributed by atoms with E-state index < -0.39 is 28.3 Å². The Morgan fingerprint density at radius 3 is 2.26 bits per heavy atom. The second-order valence-corrected chi connectivity index (χ2v) is 8.17. The number of sulfone groups is 1. The zero-order valence-electron chi connectivity index (χ0n) is 14.9. The van der Waals surface area contributed by atoms with Gasteiger partial charge in [0, 0.05) is 17.5 Å². The molecule has 0 aliphatic heterocycles. The average molecular weight is 389 g/mol. The molecule has 0 fully saturated rings. The number of anilines is 1. The second-order valence-electron chi connectivity index (χ2n) is 6.03. The summed E-state index contributed by atoms with van der Waals surface area (Å²) in [5.41, 5.74) is 1.64. The lowest BCUT2D eigenvalue weighted by atomic mass is 10.1. The number of nitrogens with one attached hydrogen (secondary N) is 1. The molecule has 0 heterocycles. The third-order valence-corrected chi connectivity index (χ3v) is 4.36. The van der Waals surface area contributed by atoms with Crippen molar-refractivity contribution in [3.8, 4) is 0 Å². The summed E-state index contributed by atoms with van der Waals surface area (Å²) in [6.45, 7) is 0.929. The van der Waals surface area contributed by atoms with Gasteiger partial charge in [-0.1, -0.05) is 24.3 Å². The van der Waals surface area contributed by atoms with Crippen LogP contribution in [-0.4, -0.2) is 38.9 Å². The first kappa shape index (κ1) is 20.3. The van der Waals surface area contributed by atoms with Crippen LogP contribution < -0.4 is 5.32 Å². The molecule has 0 aliphatic rings. The van der Waals surface area contributed by atoms with Gasteiger partial charge in [-0.25, -0.2) is 13.2 Å². The zero-order chi connectivity index (χ0) is 20.0. The van der Waals surface area contributed by atoms with Gasteiger partial charge < -0.3 is 10.1 Å². The summed E-state index contributed by atoms with van der Waals surface area (Å²) in [6, 6.07) is 12.3. The van der Waals surface area contributed by atoms with Crippen molar-refractivity contribution >= 4 is 33.2 Å². The number of carbonyl (C=O) groups is 3. The molecule has 1 N–H and O–H groups in total. The van der Waals surface area contributed by atoms with Gasteiger partial charge in [-0.3, -0.25) is 9.59 Å². The van der Waals surface area contributed by atoms with E-state index in [1.54, 1.807) is 18.2 Å². The highest BCUT2D eigenvalue weighted by Crippen LogP contribution is 2.12. The van der Waals surface area contributed by atoms with Crippen molar-refractivity contribution < 1.29 is 27.5 Å². The van der Waals surface area contributed by atoms with Crippen molar-refractivity contribution in [3.63, 3.8) is 0 Å². The largest absolute Gasteiger partial charge is 0.452 e. The van der Waals surface area contributed by atoms with Gasteiger partial charge in [0.1, 0.15) is 0 Å². The predicted octanol–water partition coefficient (Wildman–Crippen LogP) is 2.23. The monoisotopic (exact) mass is 389 g/mol. The molecule has 1 amide bonds. The zero-order valence-corrected chi connectivity index (χ0v) is 15.7. The summed E-state index contributed by atoms with van der Waals surface area (Å²) in [6.07, 6.45) is 1.12. The summed E-state index contributed by atoms with van der Waals surface area (Å²) >= 11 is 0. The molecule has 2 rings (SSSR count). The highest BCUT2D eigenvalue weighted by Gasteiger charge is 2.12. The van der Waals surface area contributed by atoms with Gasteiger partial charge >= 0.3 is 5.97 Å². The SMILES string of the molecule is CC(=O)c1cccc(NC(=O)COC(=O)c2ccc(CS(C)(=O)=O)cc2)c1. The van der Waals surface area contributed by atoms with Crippen LogP contribution in [0.15, 0.2) is 48.5 Å². The first-order chi connectivity index (χ1) is 12.6. The van der Waals surface area contributed by atoms with E-state index in [1.165, 1.54) is 37.3 Å². The summed E-state index contributed by atoms with van der Waals surface area (Å²) in [4.78, 5) is 35.2. The maximum absolute atomic E-state index is 12.0. The first-order valence-corrected chi connectivity index (χ1v) is 10.0. The van der Waals surface area contributed by atoms with Crippen LogP contribution >= 0.6 is 0 Å². The molecule has 2 aromatic carbocycles. The number of ether oxygens (including phenoxy) is 1. The normalized spacial score (nSPS) is 10.9. The number of esters is 1. The number of hydrogen-bond acceptors (Lipinski definition) is 6. The minimum atomic E-state index is -3.16. The van der Waals surface area contributed by atoms with Crippen LogP contribution in [0, 0.1) is 0 Å². The number of hydrogen-bond donors (Lipinski definition) is 1. The van der Waals surface area contributed by atoms with E-state index in [4.69, 9.17) is 4.74 Å². The van der Waals surface area contributed by atoms with Crippen LogP contribution in [0.3, 0.4) is 0 Å². The molecule has 0 saturated carbocycles. The van der Waals surface area contributed by atoms with E-state index in [9.17, 15) is 22.8 Å².